The summed E-state index contributed by atoms with van der Waals surface area (Å²) in [6, 6.07) is 15.5. The fraction of sp³-hybridized carbons (Fsp3) is 0.208. The maximum Gasteiger partial charge on any atom is 0.341 e. The molecule has 0 fully saturated rings. The summed E-state index contributed by atoms with van der Waals surface area (Å²) in [6.07, 6.45) is 9.56. The van der Waals surface area contributed by atoms with Crippen LogP contribution in [0.5, 0.6) is 0 Å². The number of benzene rings is 2. The van der Waals surface area contributed by atoms with Gasteiger partial charge in [-0.05, 0) is 105 Å². The third-order valence-electron chi connectivity index (χ3n) is 9.30. The zero-order chi connectivity index (χ0) is 47.1. The Balaban J connectivity index is 0.000000255. The minimum Gasteiger partial charge on any atom is -0.465 e. The molecule has 0 spiro atoms. The van der Waals surface area contributed by atoms with Crippen molar-refractivity contribution >= 4 is 69.0 Å². The number of aromatic nitrogens is 4. The average Bonchev–Trinajstić information content (AvgIpc) is 3.28. The van der Waals surface area contributed by atoms with E-state index in [0.717, 1.165) is 23.1 Å². The van der Waals surface area contributed by atoms with Crippen molar-refractivity contribution in [1.82, 2.24) is 25.3 Å². The highest BCUT2D eigenvalue weighted by Gasteiger charge is 2.19. The smallest absolute Gasteiger partial charge is 0.341 e. The number of pyridine rings is 4. The van der Waals surface area contributed by atoms with Gasteiger partial charge in [0, 0.05) is 86.9 Å². The van der Waals surface area contributed by atoms with Crippen molar-refractivity contribution < 1.29 is 28.2 Å². The van der Waals surface area contributed by atoms with E-state index in [2.05, 4.69) is 56.0 Å². The third kappa shape index (κ3) is 13.7. The second-order valence-corrected chi connectivity index (χ2v) is 15.3. The lowest BCUT2D eigenvalue weighted by Gasteiger charge is -2.17. The number of rotatable bonds is 13. The lowest BCUT2D eigenvalue weighted by molar-refractivity contribution is 0.0601. The van der Waals surface area contributed by atoms with E-state index >= 15 is 0 Å². The molecule has 0 unspecified atom stereocenters. The molecule has 12 nitrogen and oxygen atoms in total. The highest BCUT2D eigenvalue weighted by Crippen LogP contribution is 2.34. The highest BCUT2D eigenvalue weighted by atomic mass is 35.5. The van der Waals surface area contributed by atoms with Gasteiger partial charge in [0.15, 0.2) is 0 Å². The molecule has 4 aromatic heterocycles. The van der Waals surface area contributed by atoms with Gasteiger partial charge < -0.3 is 31.5 Å². The van der Waals surface area contributed by atoms with Crippen LogP contribution in [0.4, 0.5) is 31.5 Å². The summed E-state index contributed by atoms with van der Waals surface area (Å²) < 4.78 is 33.5. The Labute approximate surface area is 381 Å². The number of anilines is 4. The Morgan fingerprint density at radius 1 is 0.719 bits per heavy atom. The molecular formula is C48H50Cl2F2N8O4. The molecule has 2 atom stereocenters. The second kappa shape index (κ2) is 23.7. The molecule has 2 aromatic carbocycles. The molecular weight excluding hydrogens is 861 g/mol. The predicted octanol–water partition coefficient (Wildman–Crippen LogP) is 11.4. The average molecular weight is 912 g/mol. The van der Waals surface area contributed by atoms with Gasteiger partial charge >= 0.3 is 5.97 Å². The molecule has 334 valence electrons. The largest absolute Gasteiger partial charge is 0.465 e. The Hall–Kier alpha value is -6.58. The number of amides is 1. The summed E-state index contributed by atoms with van der Waals surface area (Å²) in [4.78, 5) is 41.3. The number of carbonyl (C=O) groups excluding carboxylic acids is 2. The van der Waals surface area contributed by atoms with Crippen molar-refractivity contribution in [3.8, 4) is 22.5 Å². The van der Waals surface area contributed by atoms with Crippen molar-refractivity contribution in [2.75, 3.05) is 17.7 Å². The Kier molecular flexibility index (Phi) is 18.6. The van der Waals surface area contributed by atoms with Crippen LogP contribution in [-0.4, -0.2) is 56.3 Å². The van der Waals surface area contributed by atoms with Gasteiger partial charge in [0.05, 0.1) is 35.4 Å². The van der Waals surface area contributed by atoms with Crippen LogP contribution in [0.1, 0.15) is 79.3 Å². The molecule has 64 heavy (non-hydrogen) atoms. The number of nitrogens with one attached hydrogen (secondary N) is 3. The quantitative estimate of drug-likeness (QED) is 0.0550. The van der Waals surface area contributed by atoms with Gasteiger partial charge in [0.1, 0.15) is 23.4 Å². The molecule has 0 saturated carbocycles. The molecule has 1 amide bonds. The fourth-order valence-electron chi connectivity index (χ4n) is 5.56. The van der Waals surface area contributed by atoms with Crippen LogP contribution in [0.3, 0.4) is 0 Å². The van der Waals surface area contributed by atoms with Crippen molar-refractivity contribution in [2.24, 2.45) is 5.73 Å². The molecule has 0 saturated heterocycles. The lowest BCUT2D eigenvalue weighted by Crippen LogP contribution is -2.34. The van der Waals surface area contributed by atoms with Crippen molar-refractivity contribution in [3.05, 3.63) is 155 Å². The van der Waals surface area contributed by atoms with E-state index < -0.39 is 29.7 Å². The topological polar surface area (TPSA) is 177 Å². The van der Waals surface area contributed by atoms with Crippen LogP contribution < -0.4 is 21.7 Å². The zero-order valence-electron chi connectivity index (χ0n) is 36.3. The molecule has 0 aliphatic rings. The van der Waals surface area contributed by atoms with E-state index in [0.29, 0.717) is 62.2 Å². The summed E-state index contributed by atoms with van der Waals surface area (Å²) >= 11 is 12.0. The third-order valence-corrected chi connectivity index (χ3v) is 9.77. The van der Waals surface area contributed by atoms with Crippen LogP contribution >= 0.6 is 23.2 Å². The van der Waals surface area contributed by atoms with Gasteiger partial charge in [0.25, 0.3) is 5.91 Å². The van der Waals surface area contributed by atoms with E-state index in [1.165, 1.54) is 62.1 Å². The number of halogens is 4. The number of ether oxygens (including phenoxy) is 1. The van der Waals surface area contributed by atoms with Gasteiger partial charge in [-0.3, -0.25) is 24.7 Å². The summed E-state index contributed by atoms with van der Waals surface area (Å²) in [5, 5.41) is 19.4. The molecule has 6 aromatic rings. The number of allylic oxidation sites excluding steroid dienone is 2. The SMILES string of the molecule is C=C(C)c1cnc(-c2cc(Cl)ccc2F)cc1Nc1ccncc1C(=O)N[C@@H](O)CC.C=C(C)c1cnc(-c2cc(Cl)ccc2F)cc1Nc1ccncc1C(=O)OC.CC[C@H](C)N. The number of carbonyl (C=O) groups is 2. The molecule has 4 heterocycles. The van der Waals surface area contributed by atoms with Crippen LogP contribution in [0.2, 0.25) is 10.0 Å². The number of aliphatic hydroxyl groups is 1. The standard InChI is InChI=1S/C23H22ClFN4O2.C21H17ClFN3O2.C4H11N/c1-4-22(30)29-23(31)17-11-26-8-7-19(17)28-21-10-20(27-12-16(21)13(2)3)15-9-14(24)5-6-18(15)25;1-12(2)15-11-25-19(14-8-13(22)4-5-17(14)23)9-20(15)26-18-6-7-24-10-16(18)21(27)28-3;1-3-4(2)5/h5-12,22,30H,2,4H2,1,3H3,(H,29,31)(H,26,27,28);4-11H,1H2,2-3H3,(H,24,25,26);4H,3,5H2,1-2H3/t22-;;4-/m0.0/s1. The minimum absolute atomic E-state index is 0.245. The number of aliphatic hydroxyl groups excluding tert-OH is 1. The van der Waals surface area contributed by atoms with E-state index in [4.69, 9.17) is 33.7 Å². The summed E-state index contributed by atoms with van der Waals surface area (Å²) in [7, 11) is 1.30. The fourth-order valence-corrected chi connectivity index (χ4v) is 5.91. The molecule has 0 bridgehead atoms. The first-order valence-corrected chi connectivity index (χ1v) is 20.7. The normalized spacial score (nSPS) is 11.4. The van der Waals surface area contributed by atoms with Crippen LogP contribution in [0.15, 0.2) is 111 Å². The molecule has 0 aliphatic carbocycles. The van der Waals surface area contributed by atoms with Crippen molar-refractivity contribution in [3.63, 3.8) is 0 Å². The first kappa shape index (κ1) is 50.1. The van der Waals surface area contributed by atoms with Crippen LogP contribution in [0.25, 0.3) is 33.7 Å². The van der Waals surface area contributed by atoms with E-state index in [-0.39, 0.29) is 22.3 Å². The maximum atomic E-state index is 14.4. The Bertz CT molecular complexity index is 2630. The van der Waals surface area contributed by atoms with Crippen molar-refractivity contribution in [1.29, 1.82) is 0 Å². The summed E-state index contributed by atoms with van der Waals surface area (Å²) in [6.45, 7) is 17.4. The van der Waals surface area contributed by atoms with Crippen LogP contribution in [-0.2, 0) is 4.74 Å². The first-order valence-electron chi connectivity index (χ1n) is 19.9. The van der Waals surface area contributed by atoms with Gasteiger partial charge in [-0.25, -0.2) is 13.6 Å². The van der Waals surface area contributed by atoms with E-state index in [9.17, 15) is 23.5 Å². The number of nitrogens with zero attached hydrogens (tertiary/aromatic N) is 4. The maximum absolute atomic E-state index is 14.4. The van der Waals surface area contributed by atoms with Crippen molar-refractivity contribution in [2.45, 2.75) is 59.7 Å². The molecule has 6 rings (SSSR count). The molecule has 16 heteroatoms. The highest BCUT2D eigenvalue weighted by molar-refractivity contribution is 6.31. The monoisotopic (exact) mass is 910 g/mol. The molecule has 0 radical (unpaired) electrons. The minimum atomic E-state index is -0.968. The lowest BCUT2D eigenvalue weighted by atomic mass is 10.0. The zero-order valence-corrected chi connectivity index (χ0v) is 37.8. The summed E-state index contributed by atoms with van der Waals surface area (Å²) in [5.74, 6) is -1.90. The Morgan fingerprint density at radius 2 is 1.16 bits per heavy atom. The second-order valence-electron chi connectivity index (χ2n) is 14.4. The number of nitrogens with two attached hydrogens (primary N) is 1. The van der Waals surface area contributed by atoms with Crippen LogP contribution in [0, 0.1) is 11.6 Å². The van der Waals surface area contributed by atoms with E-state index in [1.807, 2.05) is 20.8 Å². The number of hydrogen-bond donors (Lipinski definition) is 5. The summed E-state index contributed by atoms with van der Waals surface area (Å²) in [5.41, 5.74) is 12.1. The van der Waals surface area contributed by atoms with Gasteiger partial charge in [-0.1, -0.05) is 50.2 Å². The molecule has 6 N–H and O–H groups in total. The van der Waals surface area contributed by atoms with Gasteiger partial charge in [-0.2, -0.15) is 0 Å². The number of methoxy groups -OCH3 is 1. The molecule has 0 aliphatic heterocycles. The van der Waals surface area contributed by atoms with Gasteiger partial charge in [0.2, 0.25) is 0 Å². The number of esters is 1. The Morgan fingerprint density at radius 3 is 1.56 bits per heavy atom. The van der Waals surface area contributed by atoms with E-state index in [1.54, 1.807) is 49.8 Å². The predicted molar refractivity (Wildman–Crippen MR) is 253 cm³/mol. The number of hydrogen-bond acceptors (Lipinski definition) is 11. The first-order chi connectivity index (χ1) is 30.5. The van der Waals surface area contributed by atoms with Gasteiger partial charge in [-0.15, -0.1) is 0 Å².